The lowest BCUT2D eigenvalue weighted by molar-refractivity contribution is -0.135. The highest BCUT2D eigenvalue weighted by Gasteiger charge is 2.31. The molecule has 0 aromatic carbocycles. The Morgan fingerprint density at radius 1 is 1.10 bits per heavy atom. The van der Waals surface area contributed by atoms with Crippen molar-refractivity contribution >= 4 is 45.7 Å². The highest BCUT2D eigenvalue weighted by atomic mass is 127. The zero-order valence-corrected chi connectivity index (χ0v) is 20.8. The Balaban J connectivity index is 0.00000300. The van der Waals surface area contributed by atoms with Crippen LogP contribution >= 0.6 is 24.0 Å². The molecule has 168 valence electrons. The molecule has 3 heterocycles. The molecule has 0 bridgehead atoms. The molecule has 3 aliphatic rings. The number of carbonyl (C=O) groups excluding carboxylic acids is 1. The summed E-state index contributed by atoms with van der Waals surface area (Å²) in [5, 5.41) is 3.34. The van der Waals surface area contributed by atoms with Crippen LogP contribution in [0.1, 0.15) is 33.1 Å². The van der Waals surface area contributed by atoms with Crippen LogP contribution in [-0.2, 0) is 14.6 Å². The molecule has 0 spiro atoms. The second-order valence-corrected chi connectivity index (χ2v) is 10.4. The largest absolute Gasteiger partial charge is 0.357 e. The van der Waals surface area contributed by atoms with Crippen LogP contribution in [-0.4, -0.2) is 105 Å². The third kappa shape index (κ3) is 6.68. The van der Waals surface area contributed by atoms with E-state index in [1.165, 1.54) is 0 Å². The fourth-order valence-electron chi connectivity index (χ4n) is 4.34. The number of likely N-dealkylation sites (tertiary alicyclic amines) is 1. The molecule has 1 N–H and O–H groups in total. The van der Waals surface area contributed by atoms with Gasteiger partial charge in [-0.15, -0.1) is 24.0 Å². The number of rotatable bonds is 5. The van der Waals surface area contributed by atoms with Gasteiger partial charge in [-0.3, -0.25) is 14.7 Å². The Morgan fingerprint density at radius 2 is 1.76 bits per heavy atom. The number of carbonyl (C=O) groups is 1. The molecule has 3 saturated heterocycles. The fourth-order valence-corrected chi connectivity index (χ4v) is 6.19. The van der Waals surface area contributed by atoms with Gasteiger partial charge in [-0.1, -0.05) is 0 Å². The first-order valence-corrected chi connectivity index (χ1v) is 12.5. The Labute approximate surface area is 192 Å². The summed E-state index contributed by atoms with van der Waals surface area (Å²) in [6.45, 7) is 10.5. The maximum absolute atomic E-state index is 12.6. The summed E-state index contributed by atoms with van der Waals surface area (Å²) in [6, 6.07) is -0.0662. The molecule has 3 aliphatic heterocycles. The van der Waals surface area contributed by atoms with E-state index in [1.807, 2.05) is 18.7 Å². The van der Waals surface area contributed by atoms with Crippen LogP contribution in [0.4, 0.5) is 0 Å². The predicted molar refractivity (Wildman–Crippen MR) is 127 cm³/mol. The molecule has 8 nitrogen and oxygen atoms in total. The van der Waals surface area contributed by atoms with Gasteiger partial charge in [-0.05, 0) is 39.0 Å². The van der Waals surface area contributed by atoms with Gasteiger partial charge in [0.2, 0.25) is 5.91 Å². The second-order valence-electron chi connectivity index (χ2n) is 8.20. The van der Waals surface area contributed by atoms with Crippen molar-refractivity contribution in [2.45, 2.75) is 39.2 Å². The lowest BCUT2D eigenvalue weighted by Gasteiger charge is -2.39. The van der Waals surface area contributed by atoms with Gasteiger partial charge in [0, 0.05) is 52.4 Å². The molecule has 10 heteroatoms. The van der Waals surface area contributed by atoms with Crippen LogP contribution in [0.15, 0.2) is 4.99 Å². The van der Waals surface area contributed by atoms with Crippen LogP contribution in [0.25, 0.3) is 0 Å². The molecular weight excluding hydrogens is 505 g/mol. The molecular formula is C19H36IN5O3S. The summed E-state index contributed by atoms with van der Waals surface area (Å²) in [4.78, 5) is 23.9. The third-order valence-corrected chi connectivity index (χ3v) is 7.93. The Morgan fingerprint density at radius 3 is 2.31 bits per heavy atom. The minimum atomic E-state index is -2.86. The third-order valence-electron chi connectivity index (χ3n) is 6.10. The van der Waals surface area contributed by atoms with E-state index in [0.29, 0.717) is 12.3 Å². The van der Waals surface area contributed by atoms with E-state index in [9.17, 15) is 13.2 Å². The summed E-state index contributed by atoms with van der Waals surface area (Å²) in [5.41, 5.74) is 0. The van der Waals surface area contributed by atoms with E-state index in [0.717, 1.165) is 71.0 Å². The lowest BCUT2D eigenvalue weighted by atomic mass is 10.1. The van der Waals surface area contributed by atoms with Crippen molar-refractivity contribution in [2.75, 3.05) is 63.9 Å². The predicted octanol–water partition coefficient (Wildman–Crippen LogP) is 0.633. The Bertz CT molecular complexity index is 673. The normalized spacial score (nSPS) is 26.3. The number of guanidine groups is 1. The van der Waals surface area contributed by atoms with Crippen molar-refractivity contribution in [3.63, 3.8) is 0 Å². The smallest absolute Gasteiger partial charge is 0.239 e. The molecule has 29 heavy (non-hydrogen) atoms. The van der Waals surface area contributed by atoms with Gasteiger partial charge in [0.25, 0.3) is 0 Å². The summed E-state index contributed by atoms with van der Waals surface area (Å²) in [5.74, 6) is 1.82. The number of halogens is 1. The first-order chi connectivity index (χ1) is 13.4. The van der Waals surface area contributed by atoms with E-state index >= 15 is 0 Å². The first-order valence-electron chi connectivity index (χ1n) is 10.7. The molecule has 2 unspecified atom stereocenters. The van der Waals surface area contributed by atoms with Gasteiger partial charge in [0.1, 0.15) is 0 Å². The van der Waals surface area contributed by atoms with Crippen LogP contribution in [0.3, 0.4) is 0 Å². The molecule has 0 aromatic heterocycles. The van der Waals surface area contributed by atoms with Crippen molar-refractivity contribution in [2.24, 2.45) is 10.9 Å². The molecule has 0 radical (unpaired) electrons. The molecule has 0 saturated carbocycles. The second kappa shape index (κ2) is 11.1. The standard InChI is InChI=1S/C19H35N5O3S.HI/c1-3-20-19(21-14-17-6-13-28(26,27)15-17)24-11-9-22(10-12-24)16(2)18(25)23-7-4-5-8-23;/h16-17H,3-15H2,1-2H3,(H,20,21);1H. The summed E-state index contributed by atoms with van der Waals surface area (Å²) >= 11 is 0. The molecule has 3 rings (SSSR count). The van der Waals surface area contributed by atoms with E-state index in [4.69, 9.17) is 4.99 Å². The SMILES string of the molecule is CCNC(=NCC1CCS(=O)(=O)C1)N1CCN(C(C)C(=O)N2CCCC2)CC1.I. The quantitative estimate of drug-likeness (QED) is 0.313. The average Bonchev–Trinajstić information content (AvgIpc) is 3.34. The number of piperazine rings is 1. The van der Waals surface area contributed by atoms with Gasteiger partial charge < -0.3 is 15.1 Å². The number of nitrogens with one attached hydrogen (secondary N) is 1. The summed E-state index contributed by atoms with van der Waals surface area (Å²) in [6.07, 6.45) is 2.96. The molecule has 2 atom stereocenters. The number of nitrogens with zero attached hydrogens (tertiary/aromatic N) is 4. The minimum absolute atomic E-state index is 0. The van der Waals surface area contributed by atoms with Gasteiger partial charge in [-0.25, -0.2) is 8.42 Å². The topological polar surface area (TPSA) is 85.3 Å². The van der Waals surface area contributed by atoms with Gasteiger partial charge in [0.15, 0.2) is 15.8 Å². The van der Waals surface area contributed by atoms with Crippen molar-refractivity contribution in [3.05, 3.63) is 0 Å². The van der Waals surface area contributed by atoms with Crippen LogP contribution in [0.5, 0.6) is 0 Å². The molecule has 3 fully saturated rings. The molecule has 0 aromatic rings. The fraction of sp³-hybridized carbons (Fsp3) is 0.895. The van der Waals surface area contributed by atoms with E-state index in [-0.39, 0.29) is 47.6 Å². The highest BCUT2D eigenvalue weighted by Crippen LogP contribution is 2.19. The number of amides is 1. The molecule has 0 aliphatic carbocycles. The van der Waals surface area contributed by atoms with Crippen LogP contribution < -0.4 is 5.32 Å². The number of sulfone groups is 1. The average molecular weight is 542 g/mol. The minimum Gasteiger partial charge on any atom is -0.357 e. The van der Waals surface area contributed by atoms with Gasteiger partial charge >= 0.3 is 0 Å². The lowest BCUT2D eigenvalue weighted by Crippen LogP contribution is -2.57. The zero-order chi connectivity index (χ0) is 20.1. The van der Waals surface area contributed by atoms with Crippen molar-refractivity contribution in [1.82, 2.24) is 20.0 Å². The Kier molecular flexibility index (Phi) is 9.46. The van der Waals surface area contributed by atoms with Crippen LogP contribution in [0.2, 0.25) is 0 Å². The van der Waals surface area contributed by atoms with Gasteiger partial charge in [-0.2, -0.15) is 0 Å². The van der Waals surface area contributed by atoms with E-state index < -0.39 is 9.84 Å². The Hall–Kier alpha value is -0.620. The van der Waals surface area contributed by atoms with Crippen molar-refractivity contribution in [3.8, 4) is 0 Å². The van der Waals surface area contributed by atoms with E-state index in [2.05, 4.69) is 15.1 Å². The van der Waals surface area contributed by atoms with Crippen molar-refractivity contribution in [1.29, 1.82) is 0 Å². The number of aliphatic imine (C=N–C) groups is 1. The number of hydrogen-bond acceptors (Lipinski definition) is 5. The van der Waals surface area contributed by atoms with E-state index in [1.54, 1.807) is 0 Å². The van der Waals surface area contributed by atoms with Crippen LogP contribution in [0, 0.1) is 5.92 Å². The summed E-state index contributed by atoms with van der Waals surface area (Å²) < 4.78 is 23.3. The summed E-state index contributed by atoms with van der Waals surface area (Å²) in [7, 11) is -2.86. The zero-order valence-electron chi connectivity index (χ0n) is 17.7. The maximum Gasteiger partial charge on any atom is 0.239 e. The van der Waals surface area contributed by atoms with Crippen molar-refractivity contribution < 1.29 is 13.2 Å². The maximum atomic E-state index is 12.6. The van der Waals surface area contributed by atoms with Gasteiger partial charge in [0.05, 0.1) is 17.5 Å². The monoisotopic (exact) mass is 541 g/mol. The first kappa shape index (κ1) is 24.6. The number of hydrogen-bond donors (Lipinski definition) is 1. The molecule has 1 amide bonds. The highest BCUT2D eigenvalue weighted by molar-refractivity contribution is 14.0.